The van der Waals surface area contributed by atoms with Crippen LogP contribution in [0.5, 0.6) is 5.75 Å². The molecule has 102 valence electrons. The second kappa shape index (κ2) is 8.15. The van der Waals surface area contributed by atoms with Crippen LogP contribution >= 0.6 is 0 Å². The fourth-order valence-electron chi connectivity index (χ4n) is 2.12. The van der Waals surface area contributed by atoms with Gasteiger partial charge < -0.3 is 10.1 Å². The fraction of sp³-hybridized carbons (Fsp3) is 0.625. The molecule has 0 aromatic heterocycles. The van der Waals surface area contributed by atoms with Gasteiger partial charge in [-0.2, -0.15) is 0 Å². The van der Waals surface area contributed by atoms with E-state index in [9.17, 15) is 0 Å². The van der Waals surface area contributed by atoms with Gasteiger partial charge in [-0.1, -0.05) is 51.8 Å². The largest absolute Gasteiger partial charge is 0.493 e. The summed E-state index contributed by atoms with van der Waals surface area (Å²) >= 11 is 0. The Morgan fingerprint density at radius 3 is 2.39 bits per heavy atom. The first kappa shape index (κ1) is 15.0. The summed E-state index contributed by atoms with van der Waals surface area (Å²) in [5, 5.41) is 3.44. The molecule has 1 unspecified atom stereocenters. The van der Waals surface area contributed by atoms with Crippen LogP contribution in [-0.4, -0.2) is 13.2 Å². The van der Waals surface area contributed by atoms with Gasteiger partial charge in [0.05, 0.1) is 6.61 Å². The van der Waals surface area contributed by atoms with Crippen molar-refractivity contribution in [1.29, 1.82) is 0 Å². The van der Waals surface area contributed by atoms with Crippen LogP contribution in [0, 0.1) is 5.92 Å². The first-order valence-electron chi connectivity index (χ1n) is 7.17. The third kappa shape index (κ3) is 4.34. The molecule has 2 nitrogen and oxygen atoms in total. The minimum Gasteiger partial charge on any atom is -0.493 e. The van der Waals surface area contributed by atoms with Crippen molar-refractivity contribution in [3.05, 3.63) is 29.8 Å². The molecule has 0 aliphatic carbocycles. The third-order valence-electron chi connectivity index (χ3n) is 3.53. The van der Waals surface area contributed by atoms with Crippen LogP contribution < -0.4 is 10.1 Å². The van der Waals surface area contributed by atoms with Gasteiger partial charge in [0.1, 0.15) is 5.75 Å². The summed E-state index contributed by atoms with van der Waals surface area (Å²) in [7, 11) is 0. The highest BCUT2D eigenvalue weighted by atomic mass is 16.5. The molecule has 2 heteroatoms. The minimum absolute atomic E-state index is 0.341. The van der Waals surface area contributed by atoms with E-state index in [4.69, 9.17) is 4.74 Å². The zero-order chi connectivity index (χ0) is 13.4. The summed E-state index contributed by atoms with van der Waals surface area (Å²) in [5.74, 6) is 1.69. The topological polar surface area (TPSA) is 21.3 Å². The van der Waals surface area contributed by atoms with E-state index < -0.39 is 0 Å². The summed E-state index contributed by atoms with van der Waals surface area (Å²) in [6.45, 7) is 10.6. The standard InChI is InChI=1S/C16H27NO/c1-5-14(6-2)12-18-16-11-9-8-10-15(16)13(4)17-7-3/h8-11,13-14,17H,5-7,12H2,1-4H3. The van der Waals surface area contributed by atoms with Crippen LogP contribution in [0.4, 0.5) is 0 Å². The van der Waals surface area contributed by atoms with E-state index in [1.54, 1.807) is 0 Å². The maximum atomic E-state index is 6.01. The molecule has 1 N–H and O–H groups in total. The van der Waals surface area contributed by atoms with Crippen molar-refractivity contribution < 1.29 is 4.74 Å². The Labute approximate surface area is 112 Å². The molecular formula is C16H27NO. The Bertz CT molecular complexity index is 334. The summed E-state index contributed by atoms with van der Waals surface area (Å²) in [5.41, 5.74) is 1.25. The molecule has 18 heavy (non-hydrogen) atoms. The Hall–Kier alpha value is -1.02. The lowest BCUT2D eigenvalue weighted by molar-refractivity contribution is 0.237. The van der Waals surface area contributed by atoms with Crippen LogP contribution in [0.25, 0.3) is 0 Å². The van der Waals surface area contributed by atoms with Gasteiger partial charge in [-0.3, -0.25) is 0 Å². The van der Waals surface area contributed by atoms with Gasteiger partial charge in [-0.25, -0.2) is 0 Å². The van der Waals surface area contributed by atoms with E-state index >= 15 is 0 Å². The maximum absolute atomic E-state index is 6.01. The fourth-order valence-corrected chi connectivity index (χ4v) is 2.12. The van der Waals surface area contributed by atoms with E-state index in [1.165, 1.54) is 18.4 Å². The predicted molar refractivity (Wildman–Crippen MR) is 78.1 cm³/mol. The lowest BCUT2D eigenvalue weighted by Gasteiger charge is -2.19. The van der Waals surface area contributed by atoms with E-state index in [2.05, 4.69) is 51.2 Å². The van der Waals surface area contributed by atoms with Crippen molar-refractivity contribution in [3.63, 3.8) is 0 Å². The number of ether oxygens (including phenoxy) is 1. The molecule has 1 atom stereocenters. The van der Waals surface area contributed by atoms with Crippen molar-refractivity contribution >= 4 is 0 Å². The van der Waals surface area contributed by atoms with E-state index in [-0.39, 0.29) is 0 Å². The molecule has 0 spiro atoms. The number of hydrogen-bond acceptors (Lipinski definition) is 2. The molecule has 0 fully saturated rings. The number of nitrogens with one attached hydrogen (secondary N) is 1. The first-order chi connectivity index (χ1) is 8.72. The molecule has 0 bridgehead atoms. The van der Waals surface area contributed by atoms with Gasteiger partial charge in [0, 0.05) is 11.6 Å². The van der Waals surface area contributed by atoms with Gasteiger partial charge in [-0.05, 0) is 25.5 Å². The smallest absolute Gasteiger partial charge is 0.124 e. The third-order valence-corrected chi connectivity index (χ3v) is 3.53. The highest BCUT2D eigenvalue weighted by molar-refractivity contribution is 5.35. The summed E-state index contributed by atoms with van der Waals surface area (Å²) in [6.07, 6.45) is 2.36. The Morgan fingerprint density at radius 2 is 1.78 bits per heavy atom. The zero-order valence-corrected chi connectivity index (χ0v) is 12.2. The molecule has 0 amide bonds. The van der Waals surface area contributed by atoms with E-state index in [0.29, 0.717) is 12.0 Å². The van der Waals surface area contributed by atoms with Crippen molar-refractivity contribution in [3.8, 4) is 5.75 Å². The molecule has 1 rings (SSSR count). The molecule has 0 saturated heterocycles. The van der Waals surface area contributed by atoms with Crippen molar-refractivity contribution in [2.75, 3.05) is 13.2 Å². The minimum atomic E-state index is 0.341. The first-order valence-corrected chi connectivity index (χ1v) is 7.17. The van der Waals surface area contributed by atoms with E-state index in [0.717, 1.165) is 18.9 Å². The number of hydrogen-bond donors (Lipinski definition) is 1. The Morgan fingerprint density at radius 1 is 1.11 bits per heavy atom. The quantitative estimate of drug-likeness (QED) is 0.746. The second-order valence-electron chi connectivity index (χ2n) is 4.81. The highest BCUT2D eigenvalue weighted by Gasteiger charge is 2.11. The molecule has 0 aliphatic heterocycles. The van der Waals surface area contributed by atoms with Crippen LogP contribution in [0.15, 0.2) is 24.3 Å². The van der Waals surface area contributed by atoms with Crippen LogP contribution in [-0.2, 0) is 0 Å². The summed E-state index contributed by atoms with van der Waals surface area (Å²) in [6, 6.07) is 8.69. The maximum Gasteiger partial charge on any atom is 0.124 e. The summed E-state index contributed by atoms with van der Waals surface area (Å²) < 4.78 is 6.01. The molecule has 1 aromatic carbocycles. The van der Waals surface area contributed by atoms with Gasteiger partial charge in [-0.15, -0.1) is 0 Å². The second-order valence-corrected chi connectivity index (χ2v) is 4.81. The highest BCUT2D eigenvalue weighted by Crippen LogP contribution is 2.25. The van der Waals surface area contributed by atoms with Gasteiger partial charge in [0.2, 0.25) is 0 Å². The molecule has 0 heterocycles. The lowest BCUT2D eigenvalue weighted by atomic mass is 10.0. The number of para-hydroxylation sites is 1. The lowest BCUT2D eigenvalue weighted by Crippen LogP contribution is -2.19. The van der Waals surface area contributed by atoms with Crippen LogP contribution in [0.1, 0.15) is 52.1 Å². The molecule has 0 radical (unpaired) electrons. The predicted octanol–water partition coefficient (Wildman–Crippen LogP) is 4.17. The number of benzene rings is 1. The van der Waals surface area contributed by atoms with E-state index in [1.807, 2.05) is 6.07 Å². The Kier molecular flexibility index (Phi) is 6.81. The van der Waals surface area contributed by atoms with Crippen molar-refractivity contribution in [2.45, 2.75) is 46.6 Å². The molecule has 0 aliphatic rings. The molecule has 0 saturated carbocycles. The normalized spacial score (nSPS) is 12.7. The van der Waals surface area contributed by atoms with Crippen LogP contribution in [0.2, 0.25) is 0 Å². The average Bonchev–Trinajstić information content (AvgIpc) is 2.40. The SMILES string of the molecule is CCNC(C)c1ccccc1OCC(CC)CC. The van der Waals surface area contributed by atoms with Gasteiger partial charge >= 0.3 is 0 Å². The van der Waals surface area contributed by atoms with Crippen molar-refractivity contribution in [2.24, 2.45) is 5.92 Å². The average molecular weight is 249 g/mol. The molecular weight excluding hydrogens is 222 g/mol. The van der Waals surface area contributed by atoms with Gasteiger partial charge in [0.15, 0.2) is 0 Å². The van der Waals surface area contributed by atoms with Gasteiger partial charge in [0.25, 0.3) is 0 Å². The Balaban J connectivity index is 2.69. The summed E-state index contributed by atoms with van der Waals surface area (Å²) in [4.78, 5) is 0. The van der Waals surface area contributed by atoms with Crippen LogP contribution in [0.3, 0.4) is 0 Å². The molecule has 1 aromatic rings. The monoisotopic (exact) mass is 249 g/mol. The van der Waals surface area contributed by atoms with Crippen molar-refractivity contribution in [1.82, 2.24) is 5.32 Å². The number of rotatable bonds is 8. The zero-order valence-electron chi connectivity index (χ0n) is 12.2.